The number of hydrogen-bond acceptors (Lipinski definition) is 4. The SMILES string of the molecule is CCc1ncc(S(=O)(=O)NN2C(C)CCCC2C)[nH]1. The van der Waals surface area contributed by atoms with Crippen LogP contribution in [0.3, 0.4) is 0 Å². The van der Waals surface area contributed by atoms with E-state index in [2.05, 4.69) is 14.8 Å². The van der Waals surface area contributed by atoms with Crippen LogP contribution in [-0.2, 0) is 16.4 Å². The zero-order valence-electron chi connectivity index (χ0n) is 11.7. The van der Waals surface area contributed by atoms with Gasteiger partial charge in [0.25, 0.3) is 10.0 Å². The second-order valence-electron chi connectivity index (χ2n) is 5.18. The Morgan fingerprint density at radius 2 is 2.05 bits per heavy atom. The molecule has 0 saturated carbocycles. The molecule has 1 aliphatic rings. The minimum absolute atomic E-state index is 0.134. The van der Waals surface area contributed by atoms with Crippen molar-refractivity contribution in [3.63, 3.8) is 0 Å². The number of aromatic nitrogens is 2. The number of sulfonamides is 1. The monoisotopic (exact) mass is 286 g/mol. The van der Waals surface area contributed by atoms with Crippen LogP contribution >= 0.6 is 0 Å². The molecule has 1 aromatic rings. The lowest BCUT2D eigenvalue weighted by Crippen LogP contribution is -2.54. The first-order valence-electron chi connectivity index (χ1n) is 6.78. The Morgan fingerprint density at radius 3 is 2.58 bits per heavy atom. The minimum Gasteiger partial charge on any atom is -0.332 e. The van der Waals surface area contributed by atoms with Crippen LogP contribution in [-0.4, -0.2) is 35.5 Å². The van der Waals surface area contributed by atoms with Gasteiger partial charge in [0, 0.05) is 18.5 Å². The van der Waals surface area contributed by atoms with Crippen molar-refractivity contribution < 1.29 is 8.42 Å². The van der Waals surface area contributed by atoms with Crippen LogP contribution in [0.15, 0.2) is 11.2 Å². The van der Waals surface area contributed by atoms with E-state index in [1.165, 1.54) is 6.20 Å². The number of nitrogens with zero attached hydrogens (tertiary/aromatic N) is 2. The number of aromatic amines is 1. The maximum atomic E-state index is 12.3. The third-order valence-corrected chi connectivity index (χ3v) is 4.89. The molecule has 2 atom stereocenters. The second-order valence-corrected chi connectivity index (χ2v) is 6.81. The van der Waals surface area contributed by atoms with Crippen LogP contribution in [0.5, 0.6) is 0 Å². The van der Waals surface area contributed by atoms with E-state index in [0.29, 0.717) is 12.2 Å². The van der Waals surface area contributed by atoms with E-state index in [1.807, 2.05) is 25.8 Å². The first-order chi connectivity index (χ1) is 8.94. The number of piperidine rings is 1. The predicted molar refractivity (Wildman–Crippen MR) is 72.9 cm³/mol. The van der Waals surface area contributed by atoms with Gasteiger partial charge in [-0.05, 0) is 26.7 Å². The summed E-state index contributed by atoms with van der Waals surface area (Å²) in [7, 11) is -3.56. The van der Waals surface area contributed by atoms with Crippen LogP contribution < -0.4 is 4.83 Å². The molecule has 2 rings (SSSR count). The van der Waals surface area contributed by atoms with E-state index in [1.54, 1.807) is 0 Å². The first kappa shape index (κ1) is 14.5. The third kappa shape index (κ3) is 3.16. The zero-order chi connectivity index (χ0) is 14.0. The lowest BCUT2D eigenvalue weighted by molar-refractivity contribution is 0.0789. The summed E-state index contributed by atoms with van der Waals surface area (Å²) in [6, 6.07) is 0.430. The fourth-order valence-electron chi connectivity index (χ4n) is 2.45. The summed E-state index contributed by atoms with van der Waals surface area (Å²) in [5.41, 5.74) is 0. The quantitative estimate of drug-likeness (QED) is 0.877. The lowest BCUT2D eigenvalue weighted by Gasteiger charge is -2.38. The van der Waals surface area contributed by atoms with Crippen molar-refractivity contribution in [2.24, 2.45) is 0 Å². The Bertz CT molecular complexity index is 516. The molecular weight excluding hydrogens is 264 g/mol. The molecule has 0 aromatic carbocycles. The van der Waals surface area contributed by atoms with Gasteiger partial charge in [0.15, 0.2) is 5.03 Å². The molecule has 0 radical (unpaired) electrons. The highest BCUT2D eigenvalue weighted by molar-refractivity contribution is 7.89. The second kappa shape index (κ2) is 5.60. The number of hydrazine groups is 1. The number of rotatable bonds is 4. The lowest BCUT2D eigenvalue weighted by atomic mass is 10.0. The normalized spacial score (nSPS) is 25.6. The molecule has 0 bridgehead atoms. The molecule has 2 unspecified atom stereocenters. The van der Waals surface area contributed by atoms with Crippen molar-refractivity contribution in [3.8, 4) is 0 Å². The maximum absolute atomic E-state index is 12.3. The summed E-state index contributed by atoms with van der Waals surface area (Å²) in [5.74, 6) is 0.681. The van der Waals surface area contributed by atoms with E-state index >= 15 is 0 Å². The number of nitrogens with one attached hydrogen (secondary N) is 2. The minimum atomic E-state index is -3.56. The fourth-order valence-corrected chi connectivity index (χ4v) is 3.63. The van der Waals surface area contributed by atoms with Crippen molar-refractivity contribution in [2.45, 2.75) is 63.6 Å². The smallest absolute Gasteiger partial charge is 0.270 e. The topological polar surface area (TPSA) is 78.1 Å². The Morgan fingerprint density at radius 1 is 1.42 bits per heavy atom. The van der Waals surface area contributed by atoms with Gasteiger partial charge in [-0.25, -0.2) is 18.4 Å². The molecule has 2 N–H and O–H groups in total. The molecular formula is C12H22N4O2S. The van der Waals surface area contributed by atoms with Crippen molar-refractivity contribution >= 4 is 10.0 Å². The van der Waals surface area contributed by atoms with Crippen molar-refractivity contribution in [2.75, 3.05) is 0 Å². The van der Waals surface area contributed by atoms with Gasteiger partial charge in [-0.1, -0.05) is 13.3 Å². The largest absolute Gasteiger partial charge is 0.332 e. The molecule has 1 saturated heterocycles. The van der Waals surface area contributed by atoms with Gasteiger partial charge in [0.1, 0.15) is 5.82 Å². The van der Waals surface area contributed by atoms with Crippen molar-refractivity contribution in [3.05, 3.63) is 12.0 Å². The molecule has 19 heavy (non-hydrogen) atoms. The van der Waals surface area contributed by atoms with Gasteiger partial charge in [0.05, 0.1) is 6.20 Å². The van der Waals surface area contributed by atoms with Gasteiger partial charge in [-0.15, -0.1) is 4.83 Å². The molecule has 6 nitrogen and oxygen atoms in total. The van der Waals surface area contributed by atoms with Crippen molar-refractivity contribution in [1.82, 2.24) is 19.8 Å². The van der Waals surface area contributed by atoms with Gasteiger partial charge in [-0.2, -0.15) is 0 Å². The number of hydrogen-bond donors (Lipinski definition) is 2. The van der Waals surface area contributed by atoms with E-state index in [9.17, 15) is 8.42 Å². The Balaban J connectivity index is 2.16. The standard InChI is InChI=1S/C12H22N4O2S/c1-4-11-13-8-12(14-11)19(17,18)15-16-9(2)6-5-7-10(16)3/h8-10,15H,4-7H2,1-3H3,(H,13,14). The molecule has 1 fully saturated rings. The highest BCUT2D eigenvalue weighted by Gasteiger charge is 2.29. The predicted octanol–water partition coefficient (Wildman–Crippen LogP) is 1.43. The van der Waals surface area contributed by atoms with Crippen LogP contribution in [0.1, 0.15) is 45.9 Å². The summed E-state index contributed by atoms with van der Waals surface area (Å²) >= 11 is 0. The molecule has 1 aromatic heterocycles. The zero-order valence-corrected chi connectivity index (χ0v) is 12.5. The molecule has 1 aliphatic heterocycles. The average Bonchev–Trinajstić information content (AvgIpc) is 2.83. The van der Waals surface area contributed by atoms with Crippen LogP contribution in [0.2, 0.25) is 0 Å². The molecule has 0 amide bonds. The van der Waals surface area contributed by atoms with Crippen molar-refractivity contribution in [1.29, 1.82) is 0 Å². The van der Waals surface area contributed by atoms with Gasteiger partial charge >= 0.3 is 0 Å². The fraction of sp³-hybridized carbons (Fsp3) is 0.750. The first-order valence-corrected chi connectivity index (χ1v) is 8.27. The number of aryl methyl sites for hydroxylation is 1. The van der Waals surface area contributed by atoms with E-state index < -0.39 is 10.0 Å². The Kier molecular flexibility index (Phi) is 4.27. The molecule has 0 spiro atoms. The van der Waals surface area contributed by atoms with Gasteiger partial charge in [0.2, 0.25) is 0 Å². The third-order valence-electron chi connectivity index (χ3n) is 3.65. The maximum Gasteiger partial charge on any atom is 0.270 e. The molecule has 2 heterocycles. The van der Waals surface area contributed by atoms with E-state index in [0.717, 1.165) is 19.3 Å². The van der Waals surface area contributed by atoms with E-state index in [4.69, 9.17) is 0 Å². The Hall–Kier alpha value is -0.920. The van der Waals surface area contributed by atoms with Crippen LogP contribution in [0, 0.1) is 0 Å². The summed E-state index contributed by atoms with van der Waals surface area (Å²) < 4.78 is 24.6. The van der Waals surface area contributed by atoms with Crippen LogP contribution in [0.4, 0.5) is 0 Å². The summed E-state index contributed by atoms with van der Waals surface area (Å²) in [6.45, 7) is 6.02. The summed E-state index contributed by atoms with van der Waals surface area (Å²) in [6.07, 6.45) is 5.23. The van der Waals surface area contributed by atoms with Gasteiger partial charge < -0.3 is 4.98 Å². The number of imidazole rings is 1. The van der Waals surface area contributed by atoms with Gasteiger partial charge in [-0.3, -0.25) is 0 Å². The summed E-state index contributed by atoms with van der Waals surface area (Å²) in [4.78, 5) is 9.56. The molecule has 0 aliphatic carbocycles. The number of H-pyrrole nitrogens is 1. The molecule has 108 valence electrons. The van der Waals surface area contributed by atoms with Crippen LogP contribution in [0.25, 0.3) is 0 Å². The summed E-state index contributed by atoms with van der Waals surface area (Å²) in [5, 5.41) is 1.97. The highest BCUT2D eigenvalue weighted by Crippen LogP contribution is 2.21. The Labute approximate surface area is 114 Å². The highest BCUT2D eigenvalue weighted by atomic mass is 32.2. The average molecular weight is 286 g/mol. The van der Waals surface area contributed by atoms with E-state index in [-0.39, 0.29) is 17.1 Å². The molecule has 7 heteroatoms.